The molecule has 6 heteroatoms. The van der Waals surface area contributed by atoms with Gasteiger partial charge in [-0.1, -0.05) is 30.3 Å². The topological polar surface area (TPSA) is 63.1 Å². The average molecular weight is 219 g/mol. The maximum absolute atomic E-state index is 10.6. The molecule has 0 aliphatic rings. The van der Waals surface area contributed by atoms with Crippen molar-refractivity contribution in [1.29, 1.82) is 0 Å². The van der Waals surface area contributed by atoms with Gasteiger partial charge in [0.2, 0.25) is 0 Å². The zero-order valence-electron chi connectivity index (χ0n) is 6.82. The lowest BCUT2D eigenvalue weighted by molar-refractivity contribution is 0.0689. The molecule has 0 amide bonds. The molecule has 1 aromatic heterocycles. The van der Waals surface area contributed by atoms with Crippen molar-refractivity contribution in [2.75, 3.05) is 5.75 Å². The number of rotatable bonds is 3. The Labute approximate surface area is 84.3 Å². The SMILES string of the molecule is CCSc1ncc(Cl)c(C(=O)O)n1. The van der Waals surface area contributed by atoms with Crippen molar-refractivity contribution < 1.29 is 9.90 Å². The molecule has 1 rings (SSSR count). The lowest BCUT2D eigenvalue weighted by Gasteiger charge is -1.99. The summed E-state index contributed by atoms with van der Waals surface area (Å²) in [6.07, 6.45) is 1.30. The van der Waals surface area contributed by atoms with Gasteiger partial charge in [0.15, 0.2) is 10.9 Å². The Morgan fingerprint density at radius 2 is 2.46 bits per heavy atom. The molecule has 13 heavy (non-hydrogen) atoms. The molecule has 1 N–H and O–H groups in total. The number of aromatic nitrogens is 2. The van der Waals surface area contributed by atoms with E-state index in [-0.39, 0.29) is 10.7 Å². The highest BCUT2D eigenvalue weighted by molar-refractivity contribution is 7.99. The molecule has 70 valence electrons. The molecule has 0 aliphatic heterocycles. The van der Waals surface area contributed by atoms with Crippen LogP contribution in [0.4, 0.5) is 0 Å². The number of halogens is 1. The first-order valence-electron chi connectivity index (χ1n) is 3.53. The minimum atomic E-state index is -1.13. The number of carboxylic acids is 1. The van der Waals surface area contributed by atoms with E-state index in [0.717, 1.165) is 5.75 Å². The molecule has 0 spiro atoms. The number of hydrogen-bond acceptors (Lipinski definition) is 4. The smallest absolute Gasteiger partial charge is 0.356 e. The van der Waals surface area contributed by atoms with E-state index >= 15 is 0 Å². The molecule has 0 aromatic carbocycles. The van der Waals surface area contributed by atoms with Crippen molar-refractivity contribution in [3.05, 3.63) is 16.9 Å². The molecular formula is C7H7ClN2O2S. The normalized spacial score (nSPS) is 10.0. The number of aromatic carboxylic acids is 1. The molecule has 0 saturated carbocycles. The summed E-state index contributed by atoms with van der Waals surface area (Å²) in [5.74, 6) is -0.342. The average Bonchev–Trinajstić information content (AvgIpc) is 2.08. The highest BCUT2D eigenvalue weighted by atomic mass is 35.5. The summed E-state index contributed by atoms with van der Waals surface area (Å²) in [4.78, 5) is 18.2. The number of thioether (sulfide) groups is 1. The van der Waals surface area contributed by atoms with Gasteiger partial charge in [-0.05, 0) is 5.75 Å². The second-order valence-electron chi connectivity index (χ2n) is 2.09. The summed E-state index contributed by atoms with van der Waals surface area (Å²) in [5, 5.41) is 9.17. The van der Waals surface area contributed by atoms with Crippen LogP contribution >= 0.6 is 23.4 Å². The minimum Gasteiger partial charge on any atom is -0.476 e. The maximum atomic E-state index is 10.6. The van der Waals surface area contributed by atoms with Crippen LogP contribution in [0.15, 0.2) is 11.4 Å². The fraction of sp³-hybridized carbons (Fsp3) is 0.286. The Kier molecular flexibility index (Phi) is 3.50. The minimum absolute atomic E-state index is 0.0629. The molecular weight excluding hydrogens is 212 g/mol. The number of nitrogens with zero attached hydrogens (tertiary/aromatic N) is 2. The summed E-state index contributed by atoms with van der Waals surface area (Å²) in [7, 11) is 0. The third kappa shape index (κ3) is 2.57. The van der Waals surface area contributed by atoms with Gasteiger partial charge in [0.05, 0.1) is 11.2 Å². The molecule has 0 unspecified atom stereocenters. The molecule has 1 aromatic rings. The molecule has 0 atom stereocenters. The second kappa shape index (κ2) is 4.43. The van der Waals surface area contributed by atoms with E-state index in [9.17, 15) is 4.79 Å². The van der Waals surface area contributed by atoms with E-state index in [1.165, 1.54) is 18.0 Å². The summed E-state index contributed by atoms with van der Waals surface area (Å²) >= 11 is 6.95. The van der Waals surface area contributed by atoms with Crippen molar-refractivity contribution in [3.8, 4) is 0 Å². The van der Waals surface area contributed by atoms with Gasteiger partial charge in [0.25, 0.3) is 0 Å². The first-order valence-corrected chi connectivity index (χ1v) is 4.90. The Bertz CT molecular complexity index is 332. The molecule has 0 radical (unpaired) electrons. The predicted molar refractivity (Wildman–Crippen MR) is 50.4 cm³/mol. The van der Waals surface area contributed by atoms with Crippen molar-refractivity contribution in [1.82, 2.24) is 9.97 Å². The first kappa shape index (κ1) is 10.3. The summed E-state index contributed by atoms with van der Waals surface area (Å²) in [5.41, 5.74) is -0.146. The van der Waals surface area contributed by atoms with Gasteiger partial charge in [-0.25, -0.2) is 14.8 Å². The Morgan fingerprint density at radius 1 is 1.77 bits per heavy atom. The highest BCUT2D eigenvalue weighted by Gasteiger charge is 2.11. The third-order valence-corrected chi connectivity index (χ3v) is 2.22. The first-order chi connectivity index (χ1) is 6.15. The van der Waals surface area contributed by atoms with Gasteiger partial charge < -0.3 is 5.11 Å². The summed E-state index contributed by atoms with van der Waals surface area (Å²) in [6.45, 7) is 1.93. The molecule has 0 fully saturated rings. The third-order valence-electron chi connectivity index (χ3n) is 1.20. The fourth-order valence-electron chi connectivity index (χ4n) is 0.700. The van der Waals surface area contributed by atoms with Crippen LogP contribution in [0.2, 0.25) is 5.02 Å². The molecule has 0 aliphatic carbocycles. The Balaban J connectivity index is 3.04. The lowest BCUT2D eigenvalue weighted by atomic mass is 10.4. The van der Waals surface area contributed by atoms with E-state index in [1.54, 1.807) is 0 Å². The monoisotopic (exact) mass is 218 g/mol. The molecule has 0 bridgehead atoms. The van der Waals surface area contributed by atoms with Crippen LogP contribution in [0.25, 0.3) is 0 Å². The lowest BCUT2D eigenvalue weighted by Crippen LogP contribution is -2.03. The van der Waals surface area contributed by atoms with Gasteiger partial charge in [0, 0.05) is 0 Å². The van der Waals surface area contributed by atoms with Crippen LogP contribution in [-0.2, 0) is 0 Å². The van der Waals surface area contributed by atoms with Gasteiger partial charge in [-0.3, -0.25) is 0 Å². The zero-order chi connectivity index (χ0) is 9.84. The highest BCUT2D eigenvalue weighted by Crippen LogP contribution is 2.17. The Hall–Kier alpha value is -0.810. The van der Waals surface area contributed by atoms with E-state index < -0.39 is 5.97 Å². The fourth-order valence-corrected chi connectivity index (χ4v) is 1.41. The van der Waals surface area contributed by atoms with Crippen LogP contribution < -0.4 is 0 Å². The van der Waals surface area contributed by atoms with E-state index in [1.807, 2.05) is 6.92 Å². The van der Waals surface area contributed by atoms with Gasteiger partial charge >= 0.3 is 5.97 Å². The van der Waals surface area contributed by atoms with Crippen LogP contribution in [0.1, 0.15) is 17.4 Å². The largest absolute Gasteiger partial charge is 0.476 e. The summed E-state index contributed by atoms with van der Waals surface area (Å²) < 4.78 is 0. The van der Waals surface area contributed by atoms with Crippen LogP contribution in [0.5, 0.6) is 0 Å². The van der Waals surface area contributed by atoms with Crippen molar-refractivity contribution >= 4 is 29.3 Å². The van der Waals surface area contributed by atoms with Crippen LogP contribution in [0, 0.1) is 0 Å². The second-order valence-corrected chi connectivity index (χ2v) is 3.73. The Morgan fingerprint density at radius 3 is 3.00 bits per heavy atom. The van der Waals surface area contributed by atoms with Crippen LogP contribution in [-0.4, -0.2) is 26.8 Å². The van der Waals surface area contributed by atoms with Crippen molar-refractivity contribution in [3.63, 3.8) is 0 Å². The summed E-state index contributed by atoms with van der Waals surface area (Å²) in [6, 6.07) is 0. The number of carboxylic acid groups (broad SMARTS) is 1. The van der Waals surface area contributed by atoms with Crippen molar-refractivity contribution in [2.45, 2.75) is 12.1 Å². The number of carbonyl (C=O) groups is 1. The predicted octanol–water partition coefficient (Wildman–Crippen LogP) is 1.94. The van der Waals surface area contributed by atoms with E-state index in [2.05, 4.69) is 9.97 Å². The standard InChI is InChI=1S/C7H7ClN2O2S/c1-2-13-7-9-3-4(8)5(10-7)6(11)12/h3H,2H2,1H3,(H,11,12). The molecule has 1 heterocycles. The zero-order valence-corrected chi connectivity index (χ0v) is 8.39. The molecule has 0 saturated heterocycles. The van der Waals surface area contributed by atoms with Crippen LogP contribution in [0.3, 0.4) is 0 Å². The van der Waals surface area contributed by atoms with Gasteiger partial charge in [-0.2, -0.15) is 0 Å². The van der Waals surface area contributed by atoms with Gasteiger partial charge in [0.1, 0.15) is 0 Å². The van der Waals surface area contributed by atoms with Gasteiger partial charge in [-0.15, -0.1) is 0 Å². The quantitative estimate of drug-likeness (QED) is 0.621. The number of hydrogen-bond donors (Lipinski definition) is 1. The van der Waals surface area contributed by atoms with E-state index in [0.29, 0.717) is 5.16 Å². The molecule has 4 nitrogen and oxygen atoms in total. The van der Waals surface area contributed by atoms with Crippen molar-refractivity contribution in [2.24, 2.45) is 0 Å². The van der Waals surface area contributed by atoms with E-state index in [4.69, 9.17) is 16.7 Å². The maximum Gasteiger partial charge on any atom is 0.356 e.